The zero-order valence-electron chi connectivity index (χ0n) is 19.2. The molecule has 3 atom stereocenters. The number of hydrogen-bond acceptors (Lipinski definition) is 5. The van der Waals surface area contributed by atoms with Gasteiger partial charge in [-0.3, -0.25) is 9.59 Å². The Kier molecular flexibility index (Phi) is 6.12. The van der Waals surface area contributed by atoms with Crippen molar-refractivity contribution in [2.45, 2.75) is 55.8 Å². The highest BCUT2D eigenvalue weighted by molar-refractivity contribution is 8.01. The number of rotatable bonds is 7. The number of nitrogens with one attached hydrogen (secondary N) is 1. The van der Waals surface area contributed by atoms with Crippen molar-refractivity contribution in [3.05, 3.63) is 59.2 Å². The normalized spacial score (nSPS) is 21.7. The van der Waals surface area contributed by atoms with E-state index in [1.165, 1.54) is 12.7 Å². The predicted molar refractivity (Wildman–Crippen MR) is 126 cm³/mol. The molecule has 7 heteroatoms. The van der Waals surface area contributed by atoms with Crippen molar-refractivity contribution in [3.8, 4) is 11.5 Å². The molecule has 1 N–H and O–H groups in total. The summed E-state index contributed by atoms with van der Waals surface area (Å²) in [5.74, 6) is 0.646. The topological polar surface area (TPSA) is 67.9 Å². The van der Waals surface area contributed by atoms with E-state index in [2.05, 4.69) is 17.4 Å². The van der Waals surface area contributed by atoms with Gasteiger partial charge in [-0.25, -0.2) is 0 Å². The summed E-state index contributed by atoms with van der Waals surface area (Å²) in [5, 5.41) is 2.94. The Labute approximate surface area is 193 Å². The van der Waals surface area contributed by atoms with Gasteiger partial charge in [-0.2, -0.15) is 0 Å². The summed E-state index contributed by atoms with van der Waals surface area (Å²) in [6.45, 7) is 6.08. The van der Waals surface area contributed by atoms with E-state index < -0.39 is 10.8 Å². The first-order chi connectivity index (χ1) is 15.3. The highest BCUT2D eigenvalue weighted by Crippen LogP contribution is 2.58. The van der Waals surface area contributed by atoms with E-state index in [1.54, 1.807) is 23.8 Å². The lowest BCUT2D eigenvalue weighted by Gasteiger charge is -2.30. The minimum atomic E-state index is -0.577. The average molecular weight is 455 g/mol. The maximum atomic E-state index is 13.5. The third kappa shape index (κ3) is 3.83. The van der Waals surface area contributed by atoms with Crippen molar-refractivity contribution in [3.63, 3.8) is 0 Å². The van der Waals surface area contributed by atoms with E-state index in [-0.39, 0.29) is 23.2 Å². The van der Waals surface area contributed by atoms with Crippen molar-refractivity contribution < 1.29 is 19.1 Å². The van der Waals surface area contributed by atoms with Crippen molar-refractivity contribution in [1.82, 2.24) is 10.2 Å². The van der Waals surface area contributed by atoms with E-state index >= 15 is 0 Å². The third-order valence-corrected chi connectivity index (χ3v) is 7.78. The number of thioether (sulfide) groups is 1. The molecule has 1 fully saturated rings. The summed E-state index contributed by atoms with van der Waals surface area (Å²) in [6.07, 6.45) is 1.72. The maximum absolute atomic E-state index is 13.5. The molecule has 2 aliphatic heterocycles. The summed E-state index contributed by atoms with van der Waals surface area (Å²) in [6, 6.07) is 13.4. The first-order valence-corrected chi connectivity index (χ1v) is 11.8. The van der Waals surface area contributed by atoms with Crippen LogP contribution < -0.4 is 14.8 Å². The minimum Gasteiger partial charge on any atom is -0.493 e. The van der Waals surface area contributed by atoms with E-state index in [4.69, 9.17) is 9.47 Å². The fourth-order valence-electron chi connectivity index (χ4n) is 4.68. The Morgan fingerprint density at radius 2 is 1.88 bits per heavy atom. The Hall–Kier alpha value is -2.67. The molecule has 0 aliphatic carbocycles. The van der Waals surface area contributed by atoms with Gasteiger partial charge >= 0.3 is 0 Å². The van der Waals surface area contributed by atoms with Crippen LogP contribution in [0.1, 0.15) is 54.1 Å². The number of benzene rings is 2. The van der Waals surface area contributed by atoms with Crippen LogP contribution in [0.4, 0.5) is 0 Å². The van der Waals surface area contributed by atoms with Crippen LogP contribution in [0.2, 0.25) is 0 Å². The average Bonchev–Trinajstić information content (AvgIpc) is 3.21. The standard InChI is InChI=1S/C25H30N2O4S/c1-15(11-12-16-9-7-6-8-10-16)26-22(28)21-25(2,3)32-24-17-13-14-18(30-4)20(31-5)19(17)23(29)27(21)24/h6-10,13-15,21,24H,11-12H2,1-5H3,(H,26,28)/t15-,21+,24+/m1/s1. The lowest BCUT2D eigenvalue weighted by molar-refractivity contribution is -0.126. The molecule has 0 bridgehead atoms. The van der Waals surface area contributed by atoms with E-state index in [0.29, 0.717) is 17.1 Å². The summed E-state index contributed by atoms with van der Waals surface area (Å²) < 4.78 is 10.5. The SMILES string of the molecule is COc1ccc2c(c1OC)C(=O)N1[C@@H](C(=O)N[C@H](C)CCc3ccccc3)C(C)(C)S[C@@H]21. The molecule has 0 unspecified atom stereocenters. The van der Waals surface area contributed by atoms with Crippen molar-refractivity contribution >= 4 is 23.6 Å². The van der Waals surface area contributed by atoms with Crippen molar-refractivity contribution in [2.75, 3.05) is 14.2 Å². The Bertz CT molecular complexity index is 1020. The van der Waals surface area contributed by atoms with Crippen LogP contribution in [0.5, 0.6) is 11.5 Å². The van der Waals surface area contributed by atoms with Gasteiger partial charge in [0.15, 0.2) is 11.5 Å². The molecule has 0 aromatic heterocycles. The first kappa shape index (κ1) is 22.5. The molecule has 4 rings (SSSR count). The lowest BCUT2D eigenvalue weighted by Crippen LogP contribution is -2.54. The molecule has 32 heavy (non-hydrogen) atoms. The summed E-state index contributed by atoms with van der Waals surface area (Å²) in [5.41, 5.74) is 2.62. The molecular weight excluding hydrogens is 424 g/mol. The fraction of sp³-hybridized carbons (Fsp3) is 0.440. The number of hydrogen-bond donors (Lipinski definition) is 1. The second kappa shape index (κ2) is 8.70. The van der Waals surface area contributed by atoms with Gasteiger partial charge in [-0.15, -0.1) is 11.8 Å². The van der Waals surface area contributed by atoms with Crippen LogP contribution in [0.3, 0.4) is 0 Å². The number of amides is 2. The molecule has 170 valence electrons. The zero-order chi connectivity index (χ0) is 23.0. The molecule has 6 nitrogen and oxygen atoms in total. The third-order valence-electron chi connectivity index (χ3n) is 6.24. The molecule has 0 radical (unpaired) electrons. The van der Waals surface area contributed by atoms with Crippen LogP contribution in [-0.4, -0.2) is 47.8 Å². The smallest absolute Gasteiger partial charge is 0.260 e. The highest BCUT2D eigenvalue weighted by atomic mass is 32.2. The Balaban J connectivity index is 1.54. The number of carbonyl (C=O) groups is 2. The molecule has 0 saturated carbocycles. The van der Waals surface area contributed by atoms with Gasteiger partial charge in [-0.05, 0) is 45.2 Å². The van der Waals surface area contributed by atoms with Gasteiger partial charge in [0.25, 0.3) is 5.91 Å². The molecule has 2 amide bonds. The summed E-state index contributed by atoms with van der Waals surface area (Å²) in [7, 11) is 3.08. The van der Waals surface area contributed by atoms with Crippen molar-refractivity contribution in [2.24, 2.45) is 0 Å². The highest BCUT2D eigenvalue weighted by Gasteiger charge is 2.58. The van der Waals surface area contributed by atoms with Gasteiger partial charge in [-0.1, -0.05) is 36.4 Å². The lowest BCUT2D eigenvalue weighted by atomic mass is 9.99. The Morgan fingerprint density at radius 1 is 1.16 bits per heavy atom. The minimum absolute atomic E-state index is 0.00253. The van der Waals surface area contributed by atoms with E-state index in [0.717, 1.165) is 18.4 Å². The molecule has 1 saturated heterocycles. The number of carbonyl (C=O) groups excluding carboxylic acids is 2. The first-order valence-electron chi connectivity index (χ1n) is 10.9. The van der Waals surface area contributed by atoms with Crippen LogP contribution in [-0.2, 0) is 11.2 Å². The van der Waals surface area contributed by atoms with Crippen molar-refractivity contribution in [1.29, 1.82) is 0 Å². The van der Waals surface area contributed by atoms with Crippen LogP contribution in [0, 0.1) is 0 Å². The number of aryl methyl sites for hydroxylation is 1. The number of nitrogens with zero attached hydrogens (tertiary/aromatic N) is 1. The number of fused-ring (bicyclic) bond motifs is 3. The largest absolute Gasteiger partial charge is 0.493 e. The number of ether oxygens (including phenoxy) is 2. The van der Waals surface area contributed by atoms with Crippen LogP contribution >= 0.6 is 11.8 Å². The second-order valence-electron chi connectivity index (χ2n) is 8.89. The zero-order valence-corrected chi connectivity index (χ0v) is 20.0. The summed E-state index contributed by atoms with van der Waals surface area (Å²) in [4.78, 5) is 28.7. The number of methoxy groups -OCH3 is 2. The molecule has 2 aromatic rings. The Morgan fingerprint density at radius 3 is 2.53 bits per heavy atom. The van der Waals surface area contributed by atoms with E-state index in [9.17, 15) is 9.59 Å². The molecule has 2 aromatic carbocycles. The van der Waals surface area contributed by atoms with Crippen LogP contribution in [0.25, 0.3) is 0 Å². The van der Waals surface area contributed by atoms with E-state index in [1.807, 2.05) is 51.1 Å². The molecule has 0 spiro atoms. The summed E-state index contributed by atoms with van der Waals surface area (Å²) >= 11 is 1.64. The second-order valence-corrected chi connectivity index (χ2v) is 10.6. The fourth-order valence-corrected chi connectivity index (χ4v) is 6.26. The van der Waals surface area contributed by atoms with Gasteiger partial charge in [0.1, 0.15) is 11.4 Å². The quantitative estimate of drug-likeness (QED) is 0.680. The van der Waals surface area contributed by atoms with Gasteiger partial charge in [0.2, 0.25) is 5.91 Å². The van der Waals surface area contributed by atoms with Crippen LogP contribution in [0.15, 0.2) is 42.5 Å². The molecular formula is C25H30N2O4S. The molecule has 2 aliphatic rings. The monoisotopic (exact) mass is 454 g/mol. The maximum Gasteiger partial charge on any atom is 0.260 e. The van der Waals surface area contributed by atoms with Gasteiger partial charge < -0.3 is 19.7 Å². The van der Waals surface area contributed by atoms with Gasteiger partial charge in [0, 0.05) is 16.4 Å². The molecule has 2 heterocycles. The predicted octanol–water partition coefficient (Wildman–Crippen LogP) is 4.19. The van der Waals surface area contributed by atoms with Gasteiger partial charge in [0.05, 0.1) is 19.8 Å².